The second kappa shape index (κ2) is 6.12. The quantitative estimate of drug-likeness (QED) is 0.299. The van der Waals surface area contributed by atoms with E-state index >= 15 is 0 Å². The van der Waals surface area contributed by atoms with Gasteiger partial charge in [-0.25, -0.2) is 8.42 Å². The second-order valence-corrected chi connectivity index (χ2v) is 3.62. The van der Waals surface area contributed by atoms with Crippen molar-refractivity contribution in [2.45, 2.75) is 6.42 Å². The van der Waals surface area contributed by atoms with E-state index in [1.165, 1.54) is 0 Å². The van der Waals surface area contributed by atoms with Crippen LogP contribution in [-0.2, 0) is 10.1 Å². The SMILES string of the molecule is O=S(=O)([O-])CCCBr.[Na+]. The van der Waals surface area contributed by atoms with Crippen LogP contribution in [0.5, 0.6) is 0 Å². The fourth-order valence-corrected chi connectivity index (χ4v) is 1.38. The Kier molecular flexibility index (Phi) is 8.85. The van der Waals surface area contributed by atoms with Gasteiger partial charge in [0.25, 0.3) is 0 Å². The molecule has 0 amide bonds. The number of hydrogen-bond acceptors (Lipinski definition) is 3. The average molecular weight is 225 g/mol. The molecule has 0 aliphatic carbocycles. The van der Waals surface area contributed by atoms with E-state index < -0.39 is 10.1 Å². The van der Waals surface area contributed by atoms with Crippen molar-refractivity contribution in [2.24, 2.45) is 0 Å². The van der Waals surface area contributed by atoms with Crippen LogP contribution in [0.4, 0.5) is 0 Å². The minimum Gasteiger partial charge on any atom is -0.748 e. The summed E-state index contributed by atoms with van der Waals surface area (Å²) in [6, 6.07) is 0. The smallest absolute Gasteiger partial charge is 0.748 e. The first-order valence-corrected chi connectivity index (χ1v) is 4.75. The van der Waals surface area contributed by atoms with Gasteiger partial charge in [0.2, 0.25) is 0 Å². The summed E-state index contributed by atoms with van der Waals surface area (Å²) in [5.41, 5.74) is 0. The van der Waals surface area contributed by atoms with Gasteiger partial charge in [-0.05, 0) is 6.42 Å². The van der Waals surface area contributed by atoms with Crippen LogP contribution in [0.3, 0.4) is 0 Å². The Balaban J connectivity index is 0. The van der Waals surface area contributed by atoms with Gasteiger partial charge in [-0.2, -0.15) is 0 Å². The molecule has 0 fully saturated rings. The molecule has 0 N–H and O–H groups in total. The first-order chi connectivity index (χ1) is 3.56. The van der Waals surface area contributed by atoms with Crippen LogP contribution in [0.2, 0.25) is 0 Å². The van der Waals surface area contributed by atoms with E-state index in [4.69, 9.17) is 0 Å². The van der Waals surface area contributed by atoms with E-state index in [1.807, 2.05) is 0 Å². The number of halogens is 1. The molecule has 0 radical (unpaired) electrons. The number of rotatable bonds is 3. The molecule has 50 valence electrons. The summed E-state index contributed by atoms with van der Waals surface area (Å²) in [6.45, 7) is 0. The zero-order valence-corrected chi connectivity index (χ0v) is 9.53. The van der Waals surface area contributed by atoms with E-state index in [1.54, 1.807) is 0 Å². The van der Waals surface area contributed by atoms with E-state index in [9.17, 15) is 13.0 Å². The van der Waals surface area contributed by atoms with Crippen LogP contribution in [0.15, 0.2) is 0 Å². The van der Waals surface area contributed by atoms with Crippen molar-refractivity contribution in [1.29, 1.82) is 0 Å². The summed E-state index contributed by atoms with van der Waals surface area (Å²) >= 11 is 3.00. The Morgan fingerprint density at radius 3 is 2.00 bits per heavy atom. The standard InChI is InChI=1S/C3H7BrO3S.Na/c4-2-1-3-8(5,6)7;/h1-3H2,(H,5,6,7);/q;+1/p-1. The van der Waals surface area contributed by atoms with Crippen molar-refractivity contribution in [3.63, 3.8) is 0 Å². The molecule has 0 heterocycles. The maximum atomic E-state index is 9.81. The van der Waals surface area contributed by atoms with Crippen LogP contribution < -0.4 is 29.6 Å². The largest absolute Gasteiger partial charge is 1.00 e. The molecule has 0 aromatic carbocycles. The molecule has 0 rings (SSSR count). The summed E-state index contributed by atoms with van der Waals surface area (Å²) in [4.78, 5) is 0. The summed E-state index contributed by atoms with van der Waals surface area (Å²) in [7, 11) is -3.97. The molecule has 9 heavy (non-hydrogen) atoms. The molecular formula is C3H6BrNaO3S. The van der Waals surface area contributed by atoms with E-state index in [2.05, 4.69) is 15.9 Å². The van der Waals surface area contributed by atoms with Gasteiger partial charge in [0.15, 0.2) is 0 Å². The summed E-state index contributed by atoms with van der Waals surface area (Å²) in [6.07, 6.45) is 0.395. The summed E-state index contributed by atoms with van der Waals surface area (Å²) in [5, 5.41) is 0.564. The average Bonchev–Trinajstić information content (AvgIpc) is 1.59. The first-order valence-electron chi connectivity index (χ1n) is 2.06. The molecule has 0 unspecified atom stereocenters. The van der Waals surface area contributed by atoms with E-state index in [0.29, 0.717) is 11.8 Å². The normalized spacial score (nSPS) is 10.4. The Morgan fingerprint density at radius 1 is 1.44 bits per heavy atom. The van der Waals surface area contributed by atoms with Crippen molar-refractivity contribution < 1.29 is 42.5 Å². The minimum atomic E-state index is -3.97. The molecule has 0 spiro atoms. The van der Waals surface area contributed by atoms with Gasteiger partial charge in [-0.15, -0.1) is 0 Å². The predicted molar refractivity (Wildman–Crippen MR) is 33.0 cm³/mol. The van der Waals surface area contributed by atoms with Gasteiger partial charge in [-0.1, -0.05) is 15.9 Å². The number of hydrogen-bond donors (Lipinski definition) is 0. The first kappa shape index (κ1) is 13.0. The zero-order chi connectivity index (χ0) is 6.62. The molecule has 0 aromatic rings. The van der Waals surface area contributed by atoms with Gasteiger partial charge in [0.1, 0.15) is 0 Å². The molecule has 0 aliphatic heterocycles. The van der Waals surface area contributed by atoms with Gasteiger partial charge in [0, 0.05) is 11.1 Å². The molecule has 0 aliphatic rings. The zero-order valence-electron chi connectivity index (χ0n) is 5.13. The fraction of sp³-hybridized carbons (Fsp3) is 1.00. The monoisotopic (exact) mass is 224 g/mol. The molecule has 0 saturated heterocycles. The number of alkyl halides is 1. The second-order valence-electron chi connectivity index (χ2n) is 1.30. The van der Waals surface area contributed by atoms with Crippen LogP contribution in [0, 0.1) is 0 Å². The molecule has 3 nitrogen and oxygen atoms in total. The van der Waals surface area contributed by atoms with Gasteiger partial charge < -0.3 is 4.55 Å². The van der Waals surface area contributed by atoms with E-state index in [-0.39, 0.29) is 35.3 Å². The van der Waals surface area contributed by atoms with E-state index in [0.717, 1.165) is 0 Å². The summed E-state index contributed by atoms with van der Waals surface area (Å²) in [5.74, 6) is -0.266. The molecule has 0 saturated carbocycles. The maximum absolute atomic E-state index is 9.81. The fourth-order valence-electron chi connectivity index (χ4n) is 0.231. The van der Waals surface area contributed by atoms with Crippen molar-refractivity contribution in [3.05, 3.63) is 0 Å². The molecule has 0 aromatic heterocycles. The van der Waals surface area contributed by atoms with Crippen molar-refractivity contribution in [3.8, 4) is 0 Å². The molecule has 0 atom stereocenters. The van der Waals surface area contributed by atoms with Crippen molar-refractivity contribution >= 4 is 26.0 Å². The third kappa shape index (κ3) is 12.6. The molecule has 0 bridgehead atoms. The summed E-state index contributed by atoms with van der Waals surface area (Å²) < 4.78 is 29.4. The van der Waals surface area contributed by atoms with Crippen molar-refractivity contribution in [1.82, 2.24) is 0 Å². The van der Waals surface area contributed by atoms with Gasteiger partial charge in [-0.3, -0.25) is 0 Å². The third-order valence-electron chi connectivity index (χ3n) is 0.528. The molecule has 6 heteroatoms. The Labute approximate surface area is 85.4 Å². The maximum Gasteiger partial charge on any atom is 1.00 e. The van der Waals surface area contributed by atoms with Crippen LogP contribution in [-0.4, -0.2) is 24.1 Å². The third-order valence-corrected chi connectivity index (χ3v) is 1.88. The van der Waals surface area contributed by atoms with Crippen LogP contribution >= 0.6 is 15.9 Å². The van der Waals surface area contributed by atoms with Crippen molar-refractivity contribution in [2.75, 3.05) is 11.1 Å². The molecular weight excluding hydrogens is 219 g/mol. The topological polar surface area (TPSA) is 57.2 Å². The van der Waals surface area contributed by atoms with Gasteiger partial charge in [0.05, 0.1) is 10.1 Å². The van der Waals surface area contributed by atoms with Crippen LogP contribution in [0.25, 0.3) is 0 Å². The Hall–Kier alpha value is 1.39. The Morgan fingerprint density at radius 2 is 1.89 bits per heavy atom. The predicted octanol–water partition coefficient (Wildman–Crippen LogP) is -2.68. The van der Waals surface area contributed by atoms with Crippen LogP contribution in [0.1, 0.15) is 6.42 Å². The van der Waals surface area contributed by atoms with Gasteiger partial charge >= 0.3 is 29.6 Å². The Bertz CT molecular complexity index is 143. The minimum absolute atomic E-state index is 0.